The summed E-state index contributed by atoms with van der Waals surface area (Å²) in [7, 11) is 0. The fraction of sp³-hybridized carbons (Fsp3) is 0.667. The summed E-state index contributed by atoms with van der Waals surface area (Å²) in [4.78, 5) is 64.9. The van der Waals surface area contributed by atoms with Gasteiger partial charge >= 0.3 is 5.97 Å². The summed E-state index contributed by atoms with van der Waals surface area (Å²) in [5.74, 6) is -4.14. The van der Waals surface area contributed by atoms with Crippen molar-refractivity contribution in [1.29, 1.82) is 0 Å². The Hall–Kier alpha value is -3.42. The van der Waals surface area contributed by atoms with Crippen molar-refractivity contribution in [3.05, 3.63) is 0 Å². The average Bonchev–Trinajstić information content (AvgIpc) is 3.19. The van der Waals surface area contributed by atoms with Crippen LogP contribution < -0.4 is 33.6 Å². The van der Waals surface area contributed by atoms with Crippen LogP contribution in [0.2, 0.25) is 0 Å². The molecule has 1 heterocycles. The zero-order valence-corrected chi connectivity index (χ0v) is 18.0. The van der Waals surface area contributed by atoms with Crippen LogP contribution in [0.1, 0.15) is 39.0 Å². The molecule has 180 valence electrons. The lowest BCUT2D eigenvalue weighted by Gasteiger charge is -2.27. The van der Waals surface area contributed by atoms with Gasteiger partial charge in [-0.2, -0.15) is 0 Å². The first-order valence-corrected chi connectivity index (χ1v) is 10.2. The Bertz CT molecular complexity index is 754. The fourth-order valence-corrected chi connectivity index (χ4v) is 3.23. The van der Waals surface area contributed by atoms with Gasteiger partial charge in [0, 0.05) is 13.1 Å². The van der Waals surface area contributed by atoms with Crippen LogP contribution in [0.3, 0.4) is 0 Å². The molecule has 1 saturated heterocycles. The highest BCUT2D eigenvalue weighted by molar-refractivity contribution is 5.95. The third-order valence-corrected chi connectivity index (χ3v) is 4.90. The quantitative estimate of drug-likeness (QED) is 0.0865. The molecule has 0 radical (unpaired) electrons. The Morgan fingerprint density at radius 1 is 1.16 bits per heavy atom. The molecule has 11 N–H and O–H groups in total. The Morgan fingerprint density at radius 2 is 1.81 bits per heavy atom. The molecule has 0 aromatic heterocycles. The number of nitrogens with two attached hydrogens (primary N) is 4. The van der Waals surface area contributed by atoms with Crippen LogP contribution in [0.25, 0.3) is 0 Å². The molecule has 4 amide bonds. The number of aliphatic carboxylic acids is 1. The summed E-state index contributed by atoms with van der Waals surface area (Å²) in [5.41, 5.74) is 21.4. The summed E-state index contributed by atoms with van der Waals surface area (Å²) >= 11 is 0. The van der Waals surface area contributed by atoms with E-state index >= 15 is 0 Å². The predicted octanol–water partition coefficient (Wildman–Crippen LogP) is -3.69. The van der Waals surface area contributed by atoms with Crippen molar-refractivity contribution in [2.45, 2.75) is 63.2 Å². The van der Waals surface area contributed by atoms with Gasteiger partial charge in [0.05, 0.1) is 12.5 Å². The van der Waals surface area contributed by atoms with E-state index in [0.29, 0.717) is 38.8 Å². The topological polar surface area (TPSA) is 249 Å². The zero-order chi connectivity index (χ0) is 24.4. The van der Waals surface area contributed by atoms with Gasteiger partial charge in [-0.3, -0.25) is 24.2 Å². The van der Waals surface area contributed by atoms with Gasteiger partial charge in [0.25, 0.3) is 0 Å². The molecule has 0 aromatic rings. The number of primary amides is 1. The molecule has 1 aliphatic heterocycles. The van der Waals surface area contributed by atoms with Crippen molar-refractivity contribution < 1.29 is 29.1 Å². The van der Waals surface area contributed by atoms with E-state index in [9.17, 15) is 24.0 Å². The number of rotatable bonds is 12. The maximum atomic E-state index is 12.7. The number of guanidine groups is 1. The monoisotopic (exact) mass is 456 g/mol. The molecule has 0 bridgehead atoms. The van der Waals surface area contributed by atoms with E-state index in [0.717, 1.165) is 0 Å². The Kier molecular flexibility index (Phi) is 10.3. The number of hydrogen-bond acceptors (Lipinski definition) is 7. The first-order chi connectivity index (χ1) is 14.9. The van der Waals surface area contributed by atoms with Crippen LogP contribution >= 0.6 is 0 Å². The van der Waals surface area contributed by atoms with Gasteiger partial charge < -0.3 is 43.6 Å². The molecule has 1 fully saturated rings. The highest BCUT2D eigenvalue weighted by Crippen LogP contribution is 2.19. The number of amides is 4. The van der Waals surface area contributed by atoms with Gasteiger partial charge in [-0.15, -0.1) is 0 Å². The lowest BCUT2D eigenvalue weighted by Crippen LogP contribution is -2.56. The number of nitrogens with one attached hydrogen (secondary N) is 2. The van der Waals surface area contributed by atoms with Crippen LogP contribution in [-0.4, -0.2) is 82.8 Å². The van der Waals surface area contributed by atoms with Gasteiger partial charge in [-0.25, -0.2) is 4.79 Å². The van der Waals surface area contributed by atoms with Crippen molar-refractivity contribution in [3.8, 4) is 0 Å². The molecule has 14 heteroatoms. The second-order valence-electron chi connectivity index (χ2n) is 7.55. The number of nitrogens with zero attached hydrogens (tertiary/aromatic N) is 2. The van der Waals surface area contributed by atoms with Crippen molar-refractivity contribution in [1.82, 2.24) is 15.5 Å². The van der Waals surface area contributed by atoms with Crippen LogP contribution in [0.15, 0.2) is 4.99 Å². The van der Waals surface area contributed by atoms with Crippen LogP contribution in [0.5, 0.6) is 0 Å². The van der Waals surface area contributed by atoms with Crippen molar-refractivity contribution in [3.63, 3.8) is 0 Å². The van der Waals surface area contributed by atoms with E-state index in [2.05, 4.69) is 15.6 Å². The van der Waals surface area contributed by atoms with Gasteiger partial charge in [-0.05, 0) is 32.6 Å². The lowest BCUT2D eigenvalue weighted by atomic mass is 10.1. The molecule has 0 spiro atoms. The third-order valence-electron chi connectivity index (χ3n) is 4.90. The predicted molar refractivity (Wildman–Crippen MR) is 114 cm³/mol. The first-order valence-electron chi connectivity index (χ1n) is 10.2. The number of aliphatic imine (C=N–C) groups is 1. The van der Waals surface area contributed by atoms with Crippen molar-refractivity contribution in [2.24, 2.45) is 27.9 Å². The highest BCUT2D eigenvalue weighted by Gasteiger charge is 2.37. The minimum absolute atomic E-state index is 0.0522. The molecule has 0 saturated carbocycles. The number of carboxylic acids is 1. The summed E-state index contributed by atoms with van der Waals surface area (Å²) in [6.45, 7) is 2.03. The minimum atomic E-state index is -1.51. The second kappa shape index (κ2) is 12.4. The molecule has 14 nitrogen and oxygen atoms in total. The Labute approximate surface area is 185 Å². The standard InChI is InChI=1S/C18H32N8O6/c1-9(14(28)25-11(17(31)32)8-13(20)27)24-15(29)12-5-3-7-26(12)16(30)10(19)4-2-6-23-18(21)22/h9-12H,2-8,19H2,1H3,(H2,20,27)(H,24,29)(H,25,28)(H,31,32)(H4,21,22,23). The number of carbonyl (C=O) groups excluding carboxylic acids is 4. The van der Waals surface area contributed by atoms with Gasteiger partial charge in [-0.1, -0.05) is 0 Å². The van der Waals surface area contributed by atoms with E-state index in [1.165, 1.54) is 11.8 Å². The van der Waals surface area contributed by atoms with Crippen LogP contribution in [0, 0.1) is 0 Å². The summed E-state index contributed by atoms with van der Waals surface area (Å²) in [5, 5.41) is 13.7. The van der Waals surface area contributed by atoms with Gasteiger partial charge in [0.15, 0.2) is 5.96 Å². The number of carboxylic acid groups (broad SMARTS) is 1. The zero-order valence-electron chi connectivity index (χ0n) is 18.0. The largest absolute Gasteiger partial charge is 0.480 e. The second-order valence-corrected chi connectivity index (χ2v) is 7.55. The summed E-state index contributed by atoms with van der Waals surface area (Å²) in [6.07, 6.45) is 1.21. The van der Waals surface area contributed by atoms with Gasteiger partial charge in [0.1, 0.15) is 18.1 Å². The van der Waals surface area contributed by atoms with Crippen molar-refractivity contribution in [2.75, 3.05) is 13.1 Å². The molecular formula is C18H32N8O6. The van der Waals surface area contributed by atoms with E-state index in [-0.39, 0.29) is 5.96 Å². The smallest absolute Gasteiger partial charge is 0.326 e. The molecule has 0 aromatic carbocycles. The Balaban J connectivity index is 2.65. The number of carbonyl (C=O) groups is 5. The molecule has 4 unspecified atom stereocenters. The van der Waals surface area contributed by atoms with Crippen LogP contribution in [-0.2, 0) is 24.0 Å². The highest BCUT2D eigenvalue weighted by atomic mass is 16.4. The summed E-state index contributed by atoms with van der Waals surface area (Å²) < 4.78 is 0. The van der Waals surface area contributed by atoms with E-state index in [4.69, 9.17) is 28.0 Å². The van der Waals surface area contributed by atoms with Crippen molar-refractivity contribution >= 4 is 35.6 Å². The van der Waals surface area contributed by atoms with E-state index < -0.39 is 60.2 Å². The SMILES string of the molecule is CC(NC(=O)C1CCCN1C(=O)C(N)CCCN=C(N)N)C(=O)NC(CC(N)=O)C(=O)O. The Morgan fingerprint density at radius 3 is 2.38 bits per heavy atom. The van der Waals surface area contributed by atoms with Gasteiger partial charge in [0.2, 0.25) is 23.6 Å². The first kappa shape index (κ1) is 26.6. The number of hydrogen-bond donors (Lipinski definition) is 7. The van der Waals surface area contributed by atoms with Crippen LogP contribution in [0.4, 0.5) is 0 Å². The maximum Gasteiger partial charge on any atom is 0.326 e. The third kappa shape index (κ3) is 8.37. The molecule has 32 heavy (non-hydrogen) atoms. The average molecular weight is 457 g/mol. The maximum absolute atomic E-state index is 12.7. The molecular weight excluding hydrogens is 424 g/mol. The summed E-state index contributed by atoms with van der Waals surface area (Å²) in [6, 6.07) is -4.25. The molecule has 0 aliphatic carbocycles. The van der Waals surface area contributed by atoms with E-state index in [1.54, 1.807) is 0 Å². The normalized spacial score (nSPS) is 18.2. The molecule has 4 atom stereocenters. The number of likely N-dealkylation sites (tertiary alicyclic amines) is 1. The molecule has 1 rings (SSSR count). The fourth-order valence-electron chi connectivity index (χ4n) is 3.23. The lowest BCUT2D eigenvalue weighted by molar-refractivity contribution is -0.144. The molecule has 1 aliphatic rings. The minimum Gasteiger partial charge on any atom is -0.480 e. The van der Waals surface area contributed by atoms with E-state index in [1.807, 2.05) is 0 Å².